The lowest BCUT2D eigenvalue weighted by Gasteiger charge is -2.17. The van der Waals surface area contributed by atoms with Crippen LogP contribution in [0.15, 0.2) is 29.2 Å². The van der Waals surface area contributed by atoms with Crippen LogP contribution in [-0.2, 0) is 4.79 Å². The summed E-state index contributed by atoms with van der Waals surface area (Å²) in [6, 6.07) is 7.82. The van der Waals surface area contributed by atoms with Gasteiger partial charge in [0.2, 0.25) is 5.91 Å². The number of carbonyl (C=O) groups excluding carboxylic acids is 1. The molecule has 1 aromatic rings. The van der Waals surface area contributed by atoms with Gasteiger partial charge in [0.1, 0.15) is 6.04 Å². The predicted molar refractivity (Wildman–Crippen MR) is 79.2 cm³/mol. The van der Waals surface area contributed by atoms with Crippen LogP contribution in [0, 0.1) is 0 Å². The monoisotopic (exact) mass is 266 g/mol. The van der Waals surface area contributed by atoms with E-state index in [2.05, 4.69) is 23.6 Å². The molecule has 2 N–H and O–H groups in total. The number of rotatable bonds is 7. The molecule has 1 aromatic carbocycles. The van der Waals surface area contributed by atoms with Crippen molar-refractivity contribution in [3.8, 4) is 0 Å². The van der Waals surface area contributed by atoms with Crippen LogP contribution >= 0.6 is 11.8 Å². The largest absolute Gasteiger partial charge is 0.373 e. The van der Waals surface area contributed by atoms with Crippen molar-refractivity contribution in [2.24, 2.45) is 0 Å². The van der Waals surface area contributed by atoms with Crippen molar-refractivity contribution in [1.82, 2.24) is 5.32 Å². The predicted octanol–water partition coefficient (Wildman–Crippen LogP) is 3.13. The third-order valence-corrected chi connectivity index (χ3v) is 3.50. The van der Waals surface area contributed by atoms with Gasteiger partial charge in [-0.15, -0.1) is 11.8 Å². The van der Waals surface area contributed by atoms with Crippen molar-refractivity contribution in [2.75, 3.05) is 18.1 Å². The van der Waals surface area contributed by atoms with E-state index in [1.165, 1.54) is 0 Å². The number of hydrogen-bond acceptors (Lipinski definition) is 3. The summed E-state index contributed by atoms with van der Waals surface area (Å²) >= 11 is 1.68. The van der Waals surface area contributed by atoms with Gasteiger partial charge in [-0.25, -0.2) is 0 Å². The van der Waals surface area contributed by atoms with E-state index < -0.39 is 0 Å². The van der Waals surface area contributed by atoms with Gasteiger partial charge in [-0.05, 0) is 31.7 Å². The summed E-state index contributed by atoms with van der Waals surface area (Å²) < 4.78 is 0. The molecule has 0 aliphatic rings. The second-order valence-corrected chi connectivity index (χ2v) is 5.06. The van der Waals surface area contributed by atoms with Crippen molar-refractivity contribution in [3.05, 3.63) is 24.3 Å². The molecule has 0 radical (unpaired) electrons. The van der Waals surface area contributed by atoms with Crippen LogP contribution < -0.4 is 10.6 Å². The number of thioether (sulfide) groups is 1. The lowest BCUT2D eigenvalue weighted by molar-refractivity contribution is -0.121. The third-order valence-electron chi connectivity index (χ3n) is 2.70. The van der Waals surface area contributed by atoms with Crippen molar-refractivity contribution < 1.29 is 4.79 Å². The Morgan fingerprint density at radius 3 is 2.78 bits per heavy atom. The fraction of sp³-hybridized carbons (Fsp3) is 0.500. The minimum atomic E-state index is -0.213. The molecule has 3 nitrogen and oxygen atoms in total. The molecule has 1 atom stereocenters. The minimum absolute atomic E-state index is 0.0550. The fourth-order valence-corrected chi connectivity index (χ4v) is 2.17. The summed E-state index contributed by atoms with van der Waals surface area (Å²) in [4.78, 5) is 13.0. The molecule has 0 aliphatic carbocycles. The van der Waals surface area contributed by atoms with Gasteiger partial charge in [0.15, 0.2) is 0 Å². The molecule has 18 heavy (non-hydrogen) atoms. The first-order valence-corrected chi connectivity index (χ1v) is 7.58. The van der Waals surface area contributed by atoms with Crippen molar-refractivity contribution in [1.29, 1.82) is 0 Å². The maximum atomic E-state index is 11.8. The molecular formula is C14H22N2OS. The molecule has 0 bridgehead atoms. The molecule has 1 rings (SSSR count). The lowest BCUT2D eigenvalue weighted by Crippen LogP contribution is -2.38. The Bertz CT molecular complexity index is 382. The number of carbonyl (C=O) groups is 1. The Balaban J connectivity index is 2.52. The number of para-hydroxylation sites is 1. The highest BCUT2D eigenvalue weighted by Crippen LogP contribution is 2.25. The fourth-order valence-electron chi connectivity index (χ4n) is 1.60. The highest BCUT2D eigenvalue weighted by atomic mass is 32.2. The molecule has 0 aromatic heterocycles. The minimum Gasteiger partial charge on any atom is -0.373 e. The van der Waals surface area contributed by atoms with Crippen LogP contribution in [0.5, 0.6) is 0 Å². The van der Waals surface area contributed by atoms with E-state index >= 15 is 0 Å². The van der Waals surface area contributed by atoms with E-state index in [-0.39, 0.29) is 11.9 Å². The van der Waals surface area contributed by atoms with Crippen LogP contribution in [0.1, 0.15) is 26.7 Å². The van der Waals surface area contributed by atoms with Crippen LogP contribution in [0.3, 0.4) is 0 Å². The Hall–Kier alpha value is -1.16. The Labute approximate surface area is 114 Å². The maximum absolute atomic E-state index is 11.8. The first kappa shape index (κ1) is 14.9. The first-order chi connectivity index (χ1) is 8.69. The van der Waals surface area contributed by atoms with Crippen molar-refractivity contribution in [3.63, 3.8) is 0 Å². The van der Waals surface area contributed by atoms with Gasteiger partial charge in [0.05, 0.1) is 0 Å². The van der Waals surface area contributed by atoms with E-state index in [0.717, 1.165) is 30.0 Å². The second-order valence-electron chi connectivity index (χ2n) is 4.21. The van der Waals surface area contributed by atoms with Gasteiger partial charge in [0.25, 0.3) is 0 Å². The summed E-state index contributed by atoms with van der Waals surface area (Å²) in [6.07, 6.45) is 4.16. The molecule has 100 valence electrons. The molecule has 0 saturated carbocycles. The summed E-state index contributed by atoms with van der Waals surface area (Å²) in [5.74, 6) is 0.0550. The zero-order chi connectivity index (χ0) is 13.4. The number of hydrogen-bond donors (Lipinski definition) is 2. The number of anilines is 1. The van der Waals surface area contributed by atoms with E-state index in [0.29, 0.717) is 0 Å². The quantitative estimate of drug-likeness (QED) is 0.588. The summed E-state index contributed by atoms with van der Waals surface area (Å²) in [5, 5.41) is 6.19. The van der Waals surface area contributed by atoms with E-state index in [1.54, 1.807) is 11.8 Å². The molecule has 4 heteroatoms. The Morgan fingerprint density at radius 1 is 1.39 bits per heavy atom. The lowest BCUT2D eigenvalue weighted by atomic mass is 10.2. The van der Waals surface area contributed by atoms with E-state index in [9.17, 15) is 4.79 Å². The highest BCUT2D eigenvalue weighted by Gasteiger charge is 2.12. The summed E-state index contributed by atoms with van der Waals surface area (Å²) in [6.45, 7) is 4.76. The van der Waals surface area contributed by atoms with Crippen LogP contribution in [0.25, 0.3) is 0 Å². The van der Waals surface area contributed by atoms with Gasteiger partial charge in [-0.3, -0.25) is 4.79 Å². The van der Waals surface area contributed by atoms with E-state index in [4.69, 9.17) is 0 Å². The third kappa shape index (κ3) is 4.61. The van der Waals surface area contributed by atoms with Crippen molar-refractivity contribution in [2.45, 2.75) is 37.6 Å². The normalized spacial score (nSPS) is 11.9. The maximum Gasteiger partial charge on any atom is 0.242 e. The topological polar surface area (TPSA) is 41.1 Å². The molecule has 0 aliphatic heterocycles. The summed E-state index contributed by atoms with van der Waals surface area (Å²) in [7, 11) is 0. The van der Waals surface area contributed by atoms with Crippen molar-refractivity contribution >= 4 is 23.4 Å². The number of nitrogens with one attached hydrogen (secondary N) is 2. The molecule has 0 heterocycles. The van der Waals surface area contributed by atoms with Crippen LogP contribution in [0.2, 0.25) is 0 Å². The summed E-state index contributed by atoms with van der Waals surface area (Å²) in [5.41, 5.74) is 1.02. The number of unbranched alkanes of at least 4 members (excludes halogenated alkanes) is 1. The number of benzene rings is 1. The smallest absolute Gasteiger partial charge is 0.242 e. The van der Waals surface area contributed by atoms with E-state index in [1.807, 2.05) is 31.4 Å². The molecule has 1 amide bonds. The van der Waals surface area contributed by atoms with Gasteiger partial charge >= 0.3 is 0 Å². The van der Waals surface area contributed by atoms with Gasteiger partial charge in [-0.2, -0.15) is 0 Å². The first-order valence-electron chi connectivity index (χ1n) is 6.36. The van der Waals surface area contributed by atoms with Gasteiger partial charge in [-0.1, -0.05) is 25.5 Å². The molecule has 0 saturated heterocycles. The Morgan fingerprint density at radius 2 is 2.11 bits per heavy atom. The standard InChI is InChI=1S/C14H22N2OS/c1-4-5-10-15-14(17)11(2)16-12-8-6-7-9-13(12)18-3/h6-9,11,16H,4-5,10H2,1-3H3,(H,15,17). The zero-order valence-electron chi connectivity index (χ0n) is 11.3. The van der Waals surface area contributed by atoms with Gasteiger partial charge in [0, 0.05) is 17.1 Å². The van der Waals surface area contributed by atoms with Crippen LogP contribution in [0.4, 0.5) is 5.69 Å². The molecule has 0 fully saturated rings. The molecular weight excluding hydrogens is 244 g/mol. The zero-order valence-corrected chi connectivity index (χ0v) is 12.1. The molecule has 1 unspecified atom stereocenters. The Kier molecular flexibility index (Phi) is 6.65. The van der Waals surface area contributed by atoms with Gasteiger partial charge < -0.3 is 10.6 Å². The van der Waals surface area contributed by atoms with Crippen LogP contribution in [-0.4, -0.2) is 24.7 Å². The average molecular weight is 266 g/mol. The SMILES string of the molecule is CCCCNC(=O)C(C)Nc1ccccc1SC. The number of amides is 1. The molecule has 0 spiro atoms. The average Bonchev–Trinajstić information content (AvgIpc) is 2.39. The highest BCUT2D eigenvalue weighted by molar-refractivity contribution is 7.98. The second kappa shape index (κ2) is 8.03.